The molecule has 1 aliphatic heterocycles. The van der Waals surface area contributed by atoms with Crippen LogP contribution in [0, 0.1) is 11.8 Å². The van der Waals surface area contributed by atoms with Gasteiger partial charge in [0.25, 0.3) is 0 Å². The predicted molar refractivity (Wildman–Crippen MR) is 84.4 cm³/mol. The van der Waals surface area contributed by atoms with E-state index in [1.807, 2.05) is 6.20 Å². The van der Waals surface area contributed by atoms with E-state index in [1.54, 1.807) is 7.11 Å². The topological polar surface area (TPSA) is 25.4 Å². The van der Waals surface area contributed by atoms with Crippen molar-refractivity contribution in [2.24, 2.45) is 11.8 Å². The van der Waals surface area contributed by atoms with Crippen LogP contribution in [0.5, 0.6) is 5.88 Å². The van der Waals surface area contributed by atoms with Crippen molar-refractivity contribution in [3.63, 3.8) is 0 Å². The summed E-state index contributed by atoms with van der Waals surface area (Å²) in [4.78, 5) is 6.80. The molecule has 20 heavy (non-hydrogen) atoms. The summed E-state index contributed by atoms with van der Waals surface area (Å²) in [5.74, 6) is 2.26. The van der Waals surface area contributed by atoms with Crippen LogP contribution in [0.25, 0.3) is 0 Å². The SMILES string of the molecule is CCC1CC[C@@H](C(C)C)N(c2ccnc(OC)c2)CC1. The fourth-order valence-electron chi connectivity index (χ4n) is 3.31. The fraction of sp³-hybridized carbons (Fsp3) is 0.706. The van der Waals surface area contributed by atoms with Gasteiger partial charge in [-0.15, -0.1) is 0 Å². The Kier molecular flexibility index (Phi) is 5.27. The van der Waals surface area contributed by atoms with Crippen molar-refractivity contribution in [2.75, 3.05) is 18.6 Å². The predicted octanol–water partition coefficient (Wildman–Crippen LogP) is 4.13. The normalized spacial score (nSPS) is 23.8. The maximum absolute atomic E-state index is 5.28. The number of nitrogens with zero attached hydrogens (tertiary/aromatic N) is 2. The molecule has 1 aromatic heterocycles. The molecule has 0 radical (unpaired) electrons. The van der Waals surface area contributed by atoms with Crippen LogP contribution in [0.4, 0.5) is 5.69 Å². The Morgan fingerprint density at radius 2 is 2.15 bits per heavy atom. The van der Waals surface area contributed by atoms with Crippen LogP contribution in [0.2, 0.25) is 0 Å². The lowest BCUT2D eigenvalue weighted by molar-refractivity contribution is 0.396. The Morgan fingerprint density at radius 3 is 2.80 bits per heavy atom. The summed E-state index contributed by atoms with van der Waals surface area (Å²) >= 11 is 0. The molecule has 112 valence electrons. The van der Waals surface area contributed by atoms with E-state index in [0.717, 1.165) is 12.5 Å². The number of anilines is 1. The maximum Gasteiger partial charge on any atom is 0.214 e. The van der Waals surface area contributed by atoms with Crippen LogP contribution < -0.4 is 9.64 Å². The van der Waals surface area contributed by atoms with Crippen molar-refractivity contribution < 1.29 is 4.74 Å². The molecule has 2 atom stereocenters. The number of hydrogen-bond acceptors (Lipinski definition) is 3. The molecule has 1 unspecified atom stereocenters. The lowest BCUT2D eigenvalue weighted by Gasteiger charge is -2.35. The van der Waals surface area contributed by atoms with E-state index in [4.69, 9.17) is 4.74 Å². The molecule has 0 bridgehead atoms. The van der Waals surface area contributed by atoms with Crippen molar-refractivity contribution in [1.29, 1.82) is 0 Å². The fourth-order valence-corrected chi connectivity index (χ4v) is 3.31. The molecule has 0 amide bonds. The molecule has 0 N–H and O–H groups in total. The van der Waals surface area contributed by atoms with E-state index in [-0.39, 0.29) is 0 Å². The van der Waals surface area contributed by atoms with Gasteiger partial charge in [0.05, 0.1) is 7.11 Å². The zero-order valence-corrected chi connectivity index (χ0v) is 13.3. The van der Waals surface area contributed by atoms with Gasteiger partial charge in [-0.25, -0.2) is 4.98 Å². The minimum atomic E-state index is 0.624. The number of ether oxygens (including phenoxy) is 1. The molecule has 0 spiro atoms. The van der Waals surface area contributed by atoms with Gasteiger partial charge in [0.2, 0.25) is 5.88 Å². The highest BCUT2D eigenvalue weighted by Crippen LogP contribution is 2.32. The third-order valence-electron chi connectivity index (χ3n) is 4.66. The molecule has 3 nitrogen and oxygen atoms in total. The van der Waals surface area contributed by atoms with E-state index in [0.29, 0.717) is 17.8 Å². The molecular formula is C17H28N2O. The zero-order chi connectivity index (χ0) is 14.5. The molecular weight excluding hydrogens is 248 g/mol. The summed E-state index contributed by atoms with van der Waals surface area (Å²) in [6, 6.07) is 4.81. The van der Waals surface area contributed by atoms with Crippen LogP contribution in [0.15, 0.2) is 18.3 Å². The number of rotatable bonds is 4. The molecule has 0 aromatic carbocycles. The second-order valence-corrected chi connectivity index (χ2v) is 6.20. The van der Waals surface area contributed by atoms with Gasteiger partial charge in [0, 0.05) is 30.5 Å². The monoisotopic (exact) mass is 276 g/mol. The molecule has 0 saturated carbocycles. The van der Waals surface area contributed by atoms with Crippen LogP contribution in [-0.2, 0) is 0 Å². The first kappa shape index (κ1) is 15.1. The van der Waals surface area contributed by atoms with Gasteiger partial charge in [-0.1, -0.05) is 27.2 Å². The number of pyridine rings is 1. The van der Waals surface area contributed by atoms with Gasteiger partial charge in [-0.05, 0) is 37.2 Å². The highest BCUT2D eigenvalue weighted by molar-refractivity contribution is 5.49. The van der Waals surface area contributed by atoms with E-state index in [1.165, 1.54) is 31.4 Å². The Morgan fingerprint density at radius 1 is 1.35 bits per heavy atom. The summed E-state index contributed by atoms with van der Waals surface area (Å²) in [6.45, 7) is 8.14. The molecule has 3 heteroatoms. The molecule has 2 heterocycles. The molecule has 1 saturated heterocycles. The van der Waals surface area contributed by atoms with Gasteiger partial charge in [0.1, 0.15) is 0 Å². The maximum atomic E-state index is 5.28. The summed E-state index contributed by atoms with van der Waals surface area (Å²) in [6.07, 6.45) is 7.11. The molecule has 2 rings (SSSR count). The molecule has 1 fully saturated rings. The van der Waals surface area contributed by atoms with Gasteiger partial charge in [-0.2, -0.15) is 0 Å². The third kappa shape index (κ3) is 3.44. The lowest BCUT2D eigenvalue weighted by Crippen LogP contribution is -2.38. The van der Waals surface area contributed by atoms with E-state index < -0.39 is 0 Å². The Balaban J connectivity index is 2.24. The third-order valence-corrected chi connectivity index (χ3v) is 4.66. The summed E-state index contributed by atoms with van der Waals surface area (Å²) < 4.78 is 5.28. The van der Waals surface area contributed by atoms with Gasteiger partial charge in [0.15, 0.2) is 0 Å². The Hall–Kier alpha value is -1.25. The number of hydrogen-bond donors (Lipinski definition) is 0. The standard InChI is InChI=1S/C17H28N2O/c1-5-14-6-7-16(13(2)3)19(11-9-14)15-8-10-18-17(12-15)20-4/h8,10,12-14,16H,5-7,9,11H2,1-4H3/t14?,16-/m0/s1. The second-order valence-electron chi connectivity index (χ2n) is 6.20. The first-order valence-electron chi connectivity index (χ1n) is 7.92. The first-order valence-corrected chi connectivity index (χ1v) is 7.92. The van der Waals surface area contributed by atoms with E-state index in [2.05, 4.69) is 42.8 Å². The van der Waals surface area contributed by atoms with E-state index in [9.17, 15) is 0 Å². The molecule has 1 aromatic rings. The Labute approximate surface area is 123 Å². The highest BCUT2D eigenvalue weighted by atomic mass is 16.5. The smallest absolute Gasteiger partial charge is 0.214 e. The average molecular weight is 276 g/mol. The summed E-state index contributed by atoms with van der Waals surface area (Å²) in [7, 11) is 1.68. The van der Waals surface area contributed by atoms with Crippen LogP contribution in [-0.4, -0.2) is 24.7 Å². The van der Waals surface area contributed by atoms with Crippen molar-refractivity contribution in [1.82, 2.24) is 4.98 Å². The van der Waals surface area contributed by atoms with Gasteiger partial charge in [-0.3, -0.25) is 0 Å². The van der Waals surface area contributed by atoms with Crippen LogP contribution >= 0.6 is 0 Å². The largest absolute Gasteiger partial charge is 0.481 e. The van der Waals surface area contributed by atoms with Crippen molar-refractivity contribution in [3.05, 3.63) is 18.3 Å². The van der Waals surface area contributed by atoms with Crippen LogP contribution in [0.3, 0.4) is 0 Å². The number of aromatic nitrogens is 1. The summed E-state index contributed by atoms with van der Waals surface area (Å²) in [5, 5.41) is 0. The van der Waals surface area contributed by atoms with Gasteiger partial charge >= 0.3 is 0 Å². The first-order chi connectivity index (χ1) is 9.65. The lowest BCUT2D eigenvalue weighted by atomic mass is 9.93. The van der Waals surface area contributed by atoms with Crippen molar-refractivity contribution >= 4 is 5.69 Å². The number of methoxy groups -OCH3 is 1. The second kappa shape index (κ2) is 6.96. The van der Waals surface area contributed by atoms with Crippen molar-refractivity contribution in [2.45, 2.75) is 52.5 Å². The highest BCUT2D eigenvalue weighted by Gasteiger charge is 2.27. The minimum absolute atomic E-state index is 0.624. The molecule has 0 aliphatic carbocycles. The Bertz CT molecular complexity index is 419. The van der Waals surface area contributed by atoms with Gasteiger partial charge < -0.3 is 9.64 Å². The molecule has 1 aliphatic rings. The van der Waals surface area contributed by atoms with E-state index >= 15 is 0 Å². The van der Waals surface area contributed by atoms with Crippen molar-refractivity contribution in [3.8, 4) is 5.88 Å². The quantitative estimate of drug-likeness (QED) is 0.826. The minimum Gasteiger partial charge on any atom is -0.481 e. The zero-order valence-electron chi connectivity index (χ0n) is 13.3. The summed E-state index contributed by atoms with van der Waals surface area (Å²) in [5.41, 5.74) is 1.26. The average Bonchev–Trinajstić information content (AvgIpc) is 2.69. The van der Waals surface area contributed by atoms with Crippen LogP contribution in [0.1, 0.15) is 46.5 Å².